The SMILES string of the molecule is O=[N+]([O-])C(S)=CS. The second-order valence-electron chi connectivity index (χ2n) is 0.744. The van der Waals surface area contributed by atoms with Gasteiger partial charge in [0.15, 0.2) is 0 Å². The van der Waals surface area contributed by atoms with Crippen molar-refractivity contribution in [2.75, 3.05) is 0 Å². The highest BCUT2D eigenvalue weighted by atomic mass is 32.1. The van der Waals surface area contributed by atoms with Gasteiger partial charge in [-0.2, -0.15) is 0 Å². The van der Waals surface area contributed by atoms with Crippen LogP contribution in [0.15, 0.2) is 10.4 Å². The average molecular weight is 137 g/mol. The summed E-state index contributed by atoms with van der Waals surface area (Å²) < 4.78 is 0. The van der Waals surface area contributed by atoms with E-state index in [1.165, 1.54) is 0 Å². The lowest BCUT2D eigenvalue weighted by Gasteiger charge is -1.80. The molecule has 5 heteroatoms. The summed E-state index contributed by atoms with van der Waals surface area (Å²) in [5, 5.41) is 10.3. The first kappa shape index (κ1) is 6.84. The molecule has 7 heavy (non-hydrogen) atoms. The second-order valence-corrected chi connectivity index (χ2v) is 1.46. The van der Waals surface area contributed by atoms with Crippen molar-refractivity contribution < 1.29 is 4.92 Å². The van der Waals surface area contributed by atoms with Crippen LogP contribution in [0.1, 0.15) is 0 Å². The standard InChI is InChI=1S/C2H3NO2S2/c4-3(5)2(7)1-6/h1,6-7H. The predicted octanol–water partition coefficient (Wildman–Crippen LogP) is 0.922. The topological polar surface area (TPSA) is 43.1 Å². The van der Waals surface area contributed by atoms with Crippen LogP contribution in [0.25, 0.3) is 0 Å². The molecule has 0 atom stereocenters. The third-order valence-corrected chi connectivity index (χ3v) is 1.04. The minimum absolute atomic E-state index is 0.247. The third-order valence-electron chi connectivity index (χ3n) is 0.303. The lowest BCUT2D eigenvalue weighted by molar-refractivity contribution is -0.409. The summed E-state index contributed by atoms with van der Waals surface area (Å²) in [6.07, 6.45) is 0. The lowest BCUT2D eigenvalue weighted by atomic mass is 11.0. The Kier molecular flexibility index (Phi) is 2.86. The van der Waals surface area contributed by atoms with E-state index >= 15 is 0 Å². The van der Waals surface area contributed by atoms with Crippen molar-refractivity contribution in [1.82, 2.24) is 0 Å². The summed E-state index contributed by atoms with van der Waals surface area (Å²) >= 11 is 6.89. The van der Waals surface area contributed by atoms with Crippen molar-refractivity contribution >= 4 is 25.3 Å². The molecule has 0 spiro atoms. The smallest absolute Gasteiger partial charge is 0.258 e. The van der Waals surface area contributed by atoms with E-state index in [0.29, 0.717) is 0 Å². The van der Waals surface area contributed by atoms with Crippen molar-refractivity contribution in [2.24, 2.45) is 0 Å². The summed E-state index contributed by atoms with van der Waals surface area (Å²) in [5.41, 5.74) is 0. The number of thiol groups is 2. The Labute approximate surface area is 51.4 Å². The number of nitrogens with zero attached hydrogens (tertiary/aromatic N) is 1. The van der Waals surface area contributed by atoms with Crippen molar-refractivity contribution in [2.45, 2.75) is 0 Å². The second kappa shape index (κ2) is 2.92. The maximum absolute atomic E-state index is 9.54. The van der Waals surface area contributed by atoms with Crippen LogP contribution in [-0.2, 0) is 0 Å². The molecule has 0 unspecified atom stereocenters. The van der Waals surface area contributed by atoms with Crippen LogP contribution in [0, 0.1) is 10.1 Å². The van der Waals surface area contributed by atoms with Crippen molar-refractivity contribution in [3.8, 4) is 0 Å². The zero-order chi connectivity index (χ0) is 5.86. The van der Waals surface area contributed by atoms with Crippen LogP contribution in [0.2, 0.25) is 0 Å². The molecule has 0 aliphatic rings. The molecule has 0 saturated heterocycles. The highest BCUT2D eigenvalue weighted by Gasteiger charge is 1.97. The van der Waals surface area contributed by atoms with E-state index in [2.05, 4.69) is 25.3 Å². The van der Waals surface area contributed by atoms with E-state index < -0.39 is 4.92 Å². The Morgan fingerprint density at radius 3 is 2.29 bits per heavy atom. The van der Waals surface area contributed by atoms with E-state index in [1.807, 2.05) is 0 Å². The van der Waals surface area contributed by atoms with Gasteiger partial charge in [-0.05, 0) is 0 Å². The van der Waals surface area contributed by atoms with Gasteiger partial charge in [0, 0.05) is 0 Å². The summed E-state index contributed by atoms with van der Waals surface area (Å²) in [5.74, 6) is 0. The molecule has 0 fully saturated rings. The van der Waals surface area contributed by atoms with Gasteiger partial charge >= 0.3 is 5.03 Å². The van der Waals surface area contributed by atoms with Crippen LogP contribution in [-0.4, -0.2) is 4.92 Å². The molecule has 0 aromatic rings. The van der Waals surface area contributed by atoms with E-state index in [1.54, 1.807) is 0 Å². The summed E-state index contributed by atoms with van der Waals surface area (Å²) in [7, 11) is 0. The quantitative estimate of drug-likeness (QED) is 0.320. The number of nitro groups is 1. The van der Waals surface area contributed by atoms with Crippen LogP contribution < -0.4 is 0 Å². The first-order valence-electron chi connectivity index (χ1n) is 1.36. The molecule has 3 nitrogen and oxygen atoms in total. The van der Waals surface area contributed by atoms with E-state index in [4.69, 9.17) is 0 Å². The van der Waals surface area contributed by atoms with Crippen LogP contribution >= 0.6 is 25.3 Å². The van der Waals surface area contributed by atoms with Crippen molar-refractivity contribution in [3.63, 3.8) is 0 Å². The van der Waals surface area contributed by atoms with Crippen molar-refractivity contribution in [3.05, 3.63) is 20.6 Å². The first-order valence-corrected chi connectivity index (χ1v) is 2.32. The van der Waals surface area contributed by atoms with Gasteiger partial charge in [0.2, 0.25) is 0 Å². The van der Waals surface area contributed by atoms with E-state index in [9.17, 15) is 10.1 Å². The Hall–Kier alpha value is -0.160. The fraction of sp³-hybridized carbons (Fsp3) is 0. The maximum atomic E-state index is 9.54. The highest BCUT2D eigenvalue weighted by molar-refractivity contribution is 7.87. The normalized spacial score (nSPS) is 11.4. The number of hydrogen-bond acceptors (Lipinski definition) is 4. The fourth-order valence-electron chi connectivity index (χ4n) is 0.0471. The first-order chi connectivity index (χ1) is 3.18. The molecular formula is C2H3NO2S2. The van der Waals surface area contributed by atoms with Crippen LogP contribution in [0.5, 0.6) is 0 Å². The summed E-state index contributed by atoms with van der Waals surface area (Å²) in [4.78, 5) is 8.91. The molecule has 0 radical (unpaired) electrons. The Balaban J connectivity index is 3.82. The lowest BCUT2D eigenvalue weighted by Crippen LogP contribution is -1.88. The third kappa shape index (κ3) is 2.52. The highest BCUT2D eigenvalue weighted by Crippen LogP contribution is 2.00. The Morgan fingerprint density at radius 1 is 1.86 bits per heavy atom. The Morgan fingerprint density at radius 2 is 2.29 bits per heavy atom. The zero-order valence-electron chi connectivity index (χ0n) is 3.24. The molecule has 0 aliphatic heterocycles. The molecule has 0 amide bonds. The fourth-order valence-corrected chi connectivity index (χ4v) is 0.141. The number of hydrogen-bond donors (Lipinski definition) is 2. The van der Waals surface area contributed by atoms with E-state index in [-0.39, 0.29) is 5.03 Å². The van der Waals surface area contributed by atoms with Crippen molar-refractivity contribution in [1.29, 1.82) is 0 Å². The van der Waals surface area contributed by atoms with Gasteiger partial charge < -0.3 is 0 Å². The van der Waals surface area contributed by atoms with Gasteiger partial charge in [0.05, 0.1) is 10.3 Å². The maximum Gasteiger partial charge on any atom is 0.306 e. The molecule has 0 bridgehead atoms. The van der Waals surface area contributed by atoms with Gasteiger partial charge in [-0.3, -0.25) is 10.1 Å². The molecular weight excluding hydrogens is 134 g/mol. The van der Waals surface area contributed by atoms with Crippen LogP contribution in [0.3, 0.4) is 0 Å². The average Bonchev–Trinajstić information content (AvgIpc) is 1.65. The predicted molar refractivity (Wildman–Crippen MR) is 33.0 cm³/mol. The largest absolute Gasteiger partial charge is 0.306 e. The zero-order valence-corrected chi connectivity index (χ0v) is 5.02. The molecule has 0 N–H and O–H groups in total. The molecule has 0 aromatic heterocycles. The van der Waals surface area contributed by atoms with Gasteiger partial charge in [-0.1, -0.05) is 12.6 Å². The number of rotatable bonds is 1. The monoisotopic (exact) mass is 137 g/mol. The molecule has 0 heterocycles. The minimum Gasteiger partial charge on any atom is -0.258 e. The van der Waals surface area contributed by atoms with Gasteiger partial charge in [-0.25, -0.2) is 0 Å². The Bertz CT molecular complexity index is 110. The molecule has 0 aromatic carbocycles. The minimum atomic E-state index is -0.629. The van der Waals surface area contributed by atoms with Gasteiger partial charge in [0.1, 0.15) is 0 Å². The van der Waals surface area contributed by atoms with Gasteiger partial charge in [0.25, 0.3) is 0 Å². The summed E-state index contributed by atoms with van der Waals surface area (Å²) in [6.45, 7) is 0. The molecule has 40 valence electrons. The van der Waals surface area contributed by atoms with E-state index in [0.717, 1.165) is 5.41 Å². The molecule has 0 aliphatic carbocycles. The van der Waals surface area contributed by atoms with Crippen LogP contribution in [0.4, 0.5) is 0 Å². The molecule has 0 saturated carbocycles. The van der Waals surface area contributed by atoms with Gasteiger partial charge in [-0.15, -0.1) is 12.6 Å². The summed E-state index contributed by atoms with van der Waals surface area (Å²) in [6, 6.07) is 0. The molecule has 0 rings (SSSR count).